The molecule has 184 valence electrons. The summed E-state index contributed by atoms with van der Waals surface area (Å²) >= 11 is 0. The topological polar surface area (TPSA) is 0 Å². The largest absolute Gasteiger partial charge is 0.205 e. The number of unbranched alkanes of at least 4 members (excludes halogenated alkanes) is 4. The van der Waals surface area contributed by atoms with Crippen molar-refractivity contribution in [1.82, 2.24) is 0 Å². The highest BCUT2D eigenvalue weighted by Gasteiger charge is 2.21. The van der Waals surface area contributed by atoms with E-state index < -0.39 is 0 Å². The molecule has 1 fully saturated rings. The van der Waals surface area contributed by atoms with E-state index in [1.807, 2.05) is 18.2 Å². The Morgan fingerprint density at radius 2 is 1.54 bits per heavy atom. The summed E-state index contributed by atoms with van der Waals surface area (Å²) in [7, 11) is 0. The third-order valence-electron chi connectivity index (χ3n) is 7.87. The van der Waals surface area contributed by atoms with Gasteiger partial charge in [0, 0.05) is 10.9 Å². The van der Waals surface area contributed by atoms with Crippen molar-refractivity contribution in [1.29, 1.82) is 0 Å². The van der Waals surface area contributed by atoms with E-state index in [0.717, 1.165) is 23.3 Å². The monoisotopic (exact) mass is 468 g/mol. The van der Waals surface area contributed by atoms with Crippen molar-refractivity contribution in [3.05, 3.63) is 82.7 Å². The Hall–Kier alpha value is -2.59. The molecule has 0 aromatic heterocycles. The highest BCUT2D eigenvalue weighted by molar-refractivity contribution is 5.85. The first-order valence-electron chi connectivity index (χ1n) is 14.0. The lowest BCUT2D eigenvalue weighted by atomic mass is 9.77. The van der Waals surface area contributed by atoms with Crippen LogP contribution >= 0.6 is 0 Å². The molecule has 0 bridgehead atoms. The van der Waals surface area contributed by atoms with Gasteiger partial charge in [-0.3, -0.25) is 0 Å². The molecule has 0 unspecified atom stereocenters. The summed E-state index contributed by atoms with van der Waals surface area (Å²) in [5.74, 6) is 7.69. The van der Waals surface area contributed by atoms with Gasteiger partial charge in [0.15, 0.2) is 0 Å². The molecule has 0 amide bonds. The van der Waals surface area contributed by atoms with Gasteiger partial charge in [0.25, 0.3) is 0 Å². The van der Waals surface area contributed by atoms with Gasteiger partial charge in [-0.05, 0) is 85.1 Å². The van der Waals surface area contributed by atoms with Gasteiger partial charge in [0.2, 0.25) is 0 Å². The van der Waals surface area contributed by atoms with E-state index in [4.69, 9.17) is 0 Å². The van der Waals surface area contributed by atoms with Crippen LogP contribution in [0.15, 0.2) is 54.6 Å². The summed E-state index contributed by atoms with van der Waals surface area (Å²) in [5.41, 5.74) is 4.16. The lowest BCUT2D eigenvalue weighted by Crippen LogP contribution is -2.13. The lowest BCUT2D eigenvalue weighted by Gasteiger charge is -2.28. The van der Waals surface area contributed by atoms with E-state index in [9.17, 15) is 0 Å². The Kier molecular flexibility index (Phi) is 9.42. The fraction of sp³-hybridized carbons (Fsp3) is 0.471. The zero-order valence-corrected chi connectivity index (χ0v) is 21.7. The molecule has 0 atom stereocenters. The first-order chi connectivity index (χ1) is 17.2. The van der Waals surface area contributed by atoms with E-state index in [2.05, 4.69) is 62.1 Å². The Morgan fingerprint density at radius 1 is 0.771 bits per heavy atom. The van der Waals surface area contributed by atoms with Crippen LogP contribution in [0, 0.1) is 23.6 Å². The van der Waals surface area contributed by atoms with Crippen molar-refractivity contribution in [2.45, 2.75) is 96.8 Å². The number of hydrogen-bond donors (Lipinski definition) is 0. The molecule has 3 aromatic carbocycles. The first-order valence-corrected chi connectivity index (χ1v) is 14.0. The molecular formula is C34H41F. The molecule has 0 N–H and O–H groups in total. The van der Waals surface area contributed by atoms with Crippen LogP contribution in [-0.2, 0) is 6.42 Å². The summed E-state index contributed by atoms with van der Waals surface area (Å²) in [6.07, 6.45) is 15.5. The molecule has 1 aliphatic rings. The van der Waals surface area contributed by atoms with Crippen molar-refractivity contribution >= 4 is 10.8 Å². The molecule has 3 aromatic rings. The Labute approximate surface area is 212 Å². The van der Waals surface area contributed by atoms with Gasteiger partial charge in [-0.15, -0.1) is 0 Å². The standard InChI is InChI=1S/C34H41F/c1-3-5-7-8-10-28-16-24-33-32(25-28)23-22-31(34(33)35)21-15-27-13-19-30(20-14-27)29-17-11-26(12-18-29)9-6-4-2/h13-14,16,19-20,22-26,29H,3-12,17-18H2,1-2H3. The molecule has 1 heteroatoms. The Morgan fingerprint density at radius 3 is 2.29 bits per heavy atom. The van der Waals surface area contributed by atoms with Crippen LogP contribution in [0.2, 0.25) is 0 Å². The van der Waals surface area contributed by atoms with E-state index in [-0.39, 0.29) is 5.82 Å². The predicted octanol–water partition coefficient (Wildman–Crippen LogP) is 9.97. The third-order valence-corrected chi connectivity index (χ3v) is 7.87. The Bertz CT molecular complexity index is 1140. The average molecular weight is 469 g/mol. The molecule has 0 heterocycles. The molecule has 1 saturated carbocycles. The first kappa shape index (κ1) is 25.5. The molecule has 35 heavy (non-hydrogen) atoms. The summed E-state index contributed by atoms with van der Waals surface area (Å²) in [6.45, 7) is 4.52. The van der Waals surface area contributed by atoms with Gasteiger partial charge >= 0.3 is 0 Å². The van der Waals surface area contributed by atoms with E-state index in [1.165, 1.54) is 81.8 Å². The van der Waals surface area contributed by atoms with Gasteiger partial charge in [-0.2, -0.15) is 0 Å². The summed E-state index contributed by atoms with van der Waals surface area (Å²) in [4.78, 5) is 0. The van der Waals surface area contributed by atoms with Crippen LogP contribution < -0.4 is 0 Å². The normalized spacial score (nSPS) is 17.8. The molecule has 0 saturated heterocycles. The second-order valence-electron chi connectivity index (χ2n) is 10.5. The molecular weight excluding hydrogens is 427 g/mol. The molecule has 0 radical (unpaired) electrons. The fourth-order valence-electron chi connectivity index (χ4n) is 5.60. The summed E-state index contributed by atoms with van der Waals surface area (Å²) in [5, 5.41) is 1.63. The quantitative estimate of drug-likeness (QED) is 0.216. The summed E-state index contributed by atoms with van der Waals surface area (Å²) in [6, 6.07) is 18.7. The maximum Gasteiger partial charge on any atom is 0.146 e. The number of rotatable bonds is 9. The van der Waals surface area contributed by atoms with Crippen molar-refractivity contribution in [3.63, 3.8) is 0 Å². The van der Waals surface area contributed by atoms with Gasteiger partial charge in [0.05, 0.1) is 5.56 Å². The number of benzene rings is 3. The number of aryl methyl sites for hydroxylation is 1. The highest BCUT2D eigenvalue weighted by atomic mass is 19.1. The molecule has 0 spiro atoms. The lowest BCUT2D eigenvalue weighted by molar-refractivity contribution is 0.304. The van der Waals surface area contributed by atoms with Crippen LogP contribution in [0.3, 0.4) is 0 Å². The van der Waals surface area contributed by atoms with E-state index >= 15 is 4.39 Å². The van der Waals surface area contributed by atoms with Crippen molar-refractivity contribution in [2.24, 2.45) is 5.92 Å². The van der Waals surface area contributed by atoms with Crippen molar-refractivity contribution in [3.8, 4) is 11.8 Å². The Balaban J connectivity index is 1.39. The van der Waals surface area contributed by atoms with Crippen LogP contribution in [0.5, 0.6) is 0 Å². The zero-order valence-electron chi connectivity index (χ0n) is 21.7. The van der Waals surface area contributed by atoms with Crippen LogP contribution in [0.1, 0.15) is 113 Å². The minimum Gasteiger partial charge on any atom is -0.205 e. The number of fused-ring (bicyclic) bond motifs is 1. The maximum absolute atomic E-state index is 15.2. The molecule has 4 rings (SSSR count). The van der Waals surface area contributed by atoms with Gasteiger partial charge in [0.1, 0.15) is 5.82 Å². The molecule has 0 aliphatic heterocycles. The predicted molar refractivity (Wildman–Crippen MR) is 148 cm³/mol. The van der Waals surface area contributed by atoms with E-state index in [1.54, 1.807) is 0 Å². The summed E-state index contributed by atoms with van der Waals surface area (Å²) < 4.78 is 15.2. The average Bonchev–Trinajstić information content (AvgIpc) is 2.90. The van der Waals surface area contributed by atoms with E-state index in [0.29, 0.717) is 16.9 Å². The second-order valence-corrected chi connectivity index (χ2v) is 10.5. The zero-order chi connectivity index (χ0) is 24.5. The number of hydrogen-bond acceptors (Lipinski definition) is 0. The minimum absolute atomic E-state index is 0.205. The highest BCUT2D eigenvalue weighted by Crippen LogP contribution is 2.37. The van der Waals surface area contributed by atoms with Crippen LogP contribution in [0.25, 0.3) is 10.8 Å². The fourth-order valence-corrected chi connectivity index (χ4v) is 5.60. The smallest absolute Gasteiger partial charge is 0.146 e. The minimum atomic E-state index is -0.205. The third kappa shape index (κ3) is 6.98. The van der Waals surface area contributed by atoms with Gasteiger partial charge in [-0.25, -0.2) is 4.39 Å². The van der Waals surface area contributed by atoms with Crippen molar-refractivity contribution in [2.75, 3.05) is 0 Å². The van der Waals surface area contributed by atoms with Gasteiger partial charge in [-0.1, -0.05) is 101 Å². The second kappa shape index (κ2) is 12.9. The maximum atomic E-state index is 15.2. The molecule has 1 aliphatic carbocycles. The number of halogens is 1. The van der Waals surface area contributed by atoms with Crippen molar-refractivity contribution < 1.29 is 4.39 Å². The molecule has 0 nitrogen and oxygen atoms in total. The van der Waals surface area contributed by atoms with Crippen LogP contribution in [-0.4, -0.2) is 0 Å². The van der Waals surface area contributed by atoms with Crippen LogP contribution in [0.4, 0.5) is 4.39 Å². The SMILES string of the molecule is CCCCCCc1ccc2c(F)c(C#Cc3ccc(C4CCC(CCCC)CC4)cc3)ccc2c1. The van der Waals surface area contributed by atoms with Gasteiger partial charge < -0.3 is 0 Å².